The molecular formula is C14H21NO7. The van der Waals surface area contributed by atoms with Gasteiger partial charge in [-0.05, 0) is 26.7 Å². The van der Waals surface area contributed by atoms with Crippen LogP contribution < -0.4 is 5.32 Å². The molecule has 2 N–H and O–H groups in total. The molecule has 1 aliphatic carbocycles. The standard InChI is InChI=1S/C14H21NO7/c1-3-21-10(16)7-9(14(20)22-4-2)11(13(18)19)15-12(17)8-5-6-8/h8-9,11H,3-7H2,1-2H3,(H,15,17)(H,18,19)/t9-,11-/m1/s1. The minimum absolute atomic E-state index is 0.0427. The fourth-order valence-electron chi connectivity index (χ4n) is 1.94. The SMILES string of the molecule is CCOC(=O)C[C@@H](C(=O)OCC)[C@@H](NC(=O)C1CC1)C(=O)O. The Morgan fingerprint density at radius 3 is 2.18 bits per heavy atom. The summed E-state index contributed by atoms with van der Waals surface area (Å²) in [6, 6.07) is -1.52. The molecule has 0 aromatic rings. The van der Waals surface area contributed by atoms with Crippen molar-refractivity contribution in [2.45, 2.75) is 39.2 Å². The van der Waals surface area contributed by atoms with Gasteiger partial charge < -0.3 is 19.9 Å². The van der Waals surface area contributed by atoms with Gasteiger partial charge in [0.1, 0.15) is 6.04 Å². The molecule has 1 saturated carbocycles. The third-order valence-electron chi connectivity index (χ3n) is 3.20. The number of rotatable bonds is 9. The highest BCUT2D eigenvalue weighted by Gasteiger charge is 2.40. The van der Waals surface area contributed by atoms with Gasteiger partial charge in [-0.25, -0.2) is 4.79 Å². The number of carboxylic acid groups (broad SMARTS) is 1. The second-order valence-corrected chi connectivity index (χ2v) is 4.97. The van der Waals surface area contributed by atoms with Gasteiger partial charge in [0.15, 0.2) is 0 Å². The highest BCUT2D eigenvalue weighted by Crippen LogP contribution is 2.29. The predicted octanol–water partition coefficient (Wildman–Crippen LogP) is 0.0983. The van der Waals surface area contributed by atoms with Gasteiger partial charge in [0.25, 0.3) is 0 Å². The van der Waals surface area contributed by atoms with Crippen LogP contribution in [0.2, 0.25) is 0 Å². The molecule has 0 aromatic heterocycles. The van der Waals surface area contributed by atoms with E-state index in [1.54, 1.807) is 13.8 Å². The number of ether oxygens (including phenoxy) is 2. The summed E-state index contributed by atoms with van der Waals surface area (Å²) in [4.78, 5) is 46.7. The molecule has 2 atom stereocenters. The highest BCUT2D eigenvalue weighted by molar-refractivity contribution is 5.91. The van der Waals surface area contributed by atoms with Gasteiger partial charge in [0.05, 0.1) is 25.6 Å². The quantitative estimate of drug-likeness (QED) is 0.579. The third kappa shape index (κ3) is 5.34. The van der Waals surface area contributed by atoms with Gasteiger partial charge in [-0.1, -0.05) is 0 Å². The van der Waals surface area contributed by atoms with Crippen LogP contribution in [0.3, 0.4) is 0 Å². The summed E-state index contributed by atoms with van der Waals surface area (Å²) >= 11 is 0. The monoisotopic (exact) mass is 315 g/mol. The first-order valence-corrected chi connectivity index (χ1v) is 7.26. The van der Waals surface area contributed by atoms with Gasteiger partial charge in [0.2, 0.25) is 5.91 Å². The van der Waals surface area contributed by atoms with E-state index >= 15 is 0 Å². The maximum atomic E-state index is 12.0. The minimum atomic E-state index is -1.52. The minimum Gasteiger partial charge on any atom is -0.480 e. The van der Waals surface area contributed by atoms with E-state index in [0.717, 1.165) is 0 Å². The number of carboxylic acids is 1. The molecule has 22 heavy (non-hydrogen) atoms. The lowest BCUT2D eigenvalue weighted by atomic mass is 9.95. The Balaban J connectivity index is 2.85. The van der Waals surface area contributed by atoms with Crippen molar-refractivity contribution in [2.75, 3.05) is 13.2 Å². The zero-order valence-corrected chi connectivity index (χ0v) is 12.7. The van der Waals surface area contributed by atoms with Gasteiger partial charge in [-0.3, -0.25) is 14.4 Å². The number of amides is 1. The van der Waals surface area contributed by atoms with E-state index in [1.807, 2.05) is 0 Å². The number of hydrogen-bond donors (Lipinski definition) is 2. The van der Waals surface area contributed by atoms with Crippen LogP contribution >= 0.6 is 0 Å². The van der Waals surface area contributed by atoms with Crippen molar-refractivity contribution >= 4 is 23.8 Å². The van der Waals surface area contributed by atoms with Crippen LogP contribution in [-0.2, 0) is 28.7 Å². The fourth-order valence-corrected chi connectivity index (χ4v) is 1.94. The molecule has 0 unspecified atom stereocenters. The van der Waals surface area contributed by atoms with E-state index in [4.69, 9.17) is 9.47 Å². The van der Waals surface area contributed by atoms with Crippen molar-refractivity contribution in [1.29, 1.82) is 0 Å². The molecule has 1 aliphatic rings. The number of carbonyl (C=O) groups excluding carboxylic acids is 3. The van der Waals surface area contributed by atoms with Crippen molar-refractivity contribution in [3.05, 3.63) is 0 Å². The molecule has 8 nitrogen and oxygen atoms in total. The van der Waals surface area contributed by atoms with E-state index in [0.29, 0.717) is 12.8 Å². The van der Waals surface area contributed by atoms with Crippen molar-refractivity contribution in [3.8, 4) is 0 Å². The van der Waals surface area contributed by atoms with Crippen molar-refractivity contribution in [3.63, 3.8) is 0 Å². The van der Waals surface area contributed by atoms with Gasteiger partial charge in [-0.15, -0.1) is 0 Å². The first kappa shape index (κ1) is 17.9. The van der Waals surface area contributed by atoms with E-state index in [9.17, 15) is 24.3 Å². The molecule has 0 saturated heterocycles. The number of esters is 2. The smallest absolute Gasteiger partial charge is 0.327 e. The third-order valence-corrected chi connectivity index (χ3v) is 3.20. The van der Waals surface area contributed by atoms with Crippen LogP contribution in [0.1, 0.15) is 33.1 Å². The zero-order chi connectivity index (χ0) is 16.7. The second-order valence-electron chi connectivity index (χ2n) is 4.97. The lowest BCUT2D eigenvalue weighted by Crippen LogP contribution is -2.50. The second kappa shape index (κ2) is 8.35. The lowest BCUT2D eigenvalue weighted by Gasteiger charge is -2.22. The first-order valence-electron chi connectivity index (χ1n) is 7.26. The molecule has 0 heterocycles. The Morgan fingerprint density at radius 1 is 1.14 bits per heavy atom. The summed E-state index contributed by atoms with van der Waals surface area (Å²) < 4.78 is 9.55. The van der Waals surface area contributed by atoms with Crippen molar-refractivity contribution in [1.82, 2.24) is 5.32 Å². The van der Waals surface area contributed by atoms with Crippen molar-refractivity contribution in [2.24, 2.45) is 11.8 Å². The molecule has 0 spiro atoms. The number of aliphatic carboxylic acids is 1. The van der Waals surface area contributed by atoms with Gasteiger partial charge >= 0.3 is 17.9 Å². The maximum absolute atomic E-state index is 12.0. The molecule has 124 valence electrons. The average molecular weight is 315 g/mol. The number of nitrogens with one attached hydrogen (secondary N) is 1. The summed E-state index contributed by atoms with van der Waals surface area (Å²) in [6.07, 6.45) is 0.925. The van der Waals surface area contributed by atoms with Crippen LogP contribution in [0.4, 0.5) is 0 Å². The van der Waals surface area contributed by atoms with E-state index in [-0.39, 0.29) is 19.1 Å². The average Bonchev–Trinajstić information content (AvgIpc) is 3.27. The zero-order valence-electron chi connectivity index (χ0n) is 12.7. The van der Waals surface area contributed by atoms with Crippen molar-refractivity contribution < 1.29 is 33.8 Å². The molecule has 1 rings (SSSR count). The number of carbonyl (C=O) groups is 4. The summed E-state index contributed by atoms with van der Waals surface area (Å²) in [5.74, 6) is -4.92. The summed E-state index contributed by atoms with van der Waals surface area (Å²) in [6.45, 7) is 3.32. The maximum Gasteiger partial charge on any atom is 0.327 e. The Kier molecular flexibility index (Phi) is 6.81. The normalized spacial score (nSPS) is 16.3. The van der Waals surface area contributed by atoms with E-state index in [1.165, 1.54) is 0 Å². The molecular weight excluding hydrogens is 294 g/mol. The highest BCUT2D eigenvalue weighted by atomic mass is 16.5. The van der Waals surface area contributed by atoms with E-state index < -0.39 is 42.2 Å². The van der Waals surface area contributed by atoms with Crippen LogP contribution in [0.15, 0.2) is 0 Å². The summed E-state index contributed by atoms with van der Waals surface area (Å²) in [5, 5.41) is 11.6. The van der Waals surface area contributed by atoms with Crippen LogP contribution in [0.5, 0.6) is 0 Å². The Morgan fingerprint density at radius 2 is 1.73 bits per heavy atom. The first-order chi connectivity index (χ1) is 10.4. The largest absolute Gasteiger partial charge is 0.480 e. The topological polar surface area (TPSA) is 119 Å². The molecule has 0 bridgehead atoms. The predicted molar refractivity (Wildman–Crippen MR) is 73.7 cm³/mol. The van der Waals surface area contributed by atoms with Gasteiger partial charge in [0, 0.05) is 5.92 Å². The Hall–Kier alpha value is -2.12. The van der Waals surface area contributed by atoms with Crippen LogP contribution in [0, 0.1) is 11.8 Å². The lowest BCUT2D eigenvalue weighted by molar-refractivity contribution is -0.160. The Bertz CT molecular complexity index is 444. The Labute approximate surface area is 128 Å². The van der Waals surface area contributed by atoms with E-state index in [2.05, 4.69) is 5.32 Å². The van der Waals surface area contributed by atoms with Crippen LogP contribution in [-0.4, -0.2) is 48.2 Å². The molecule has 0 aromatic carbocycles. The molecule has 1 amide bonds. The molecule has 8 heteroatoms. The molecule has 0 radical (unpaired) electrons. The fraction of sp³-hybridized carbons (Fsp3) is 0.714. The summed E-state index contributed by atoms with van der Waals surface area (Å²) in [7, 11) is 0. The number of hydrogen-bond acceptors (Lipinski definition) is 6. The molecule has 1 fully saturated rings. The summed E-state index contributed by atoms with van der Waals surface area (Å²) in [5.41, 5.74) is 0. The van der Waals surface area contributed by atoms with Crippen LogP contribution in [0.25, 0.3) is 0 Å². The molecule has 0 aliphatic heterocycles. The van der Waals surface area contributed by atoms with Gasteiger partial charge in [-0.2, -0.15) is 0 Å².